The van der Waals surface area contributed by atoms with Crippen LogP contribution in [0.4, 0.5) is 5.82 Å². The van der Waals surface area contributed by atoms with Crippen LogP contribution in [0.5, 0.6) is 0 Å². The summed E-state index contributed by atoms with van der Waals surface area (Å²) < 4.78 is 5.15. The van der Waals surface area contributed by atoms with Gasteiger partial charge in [0.15, 0.2) is 5.82 Å². The van der Waals surface area contributed by atoms with Crippen LogP contribution in [0, 0.1) is 0 Å². The average Bonchev–Trinajstić information content (AvgIpc) is 2.43. The standard InChI is InChI=1S/C13H16BrN3O/c1-18-9-8-17(7-6-14)13-12-5-3-2-4-11(12)10-15-16-13/h2-5,10H,6-9H2,1H3. The monoisotopic (exact) mass is 309 g/mol. The number of halogens is 1. The van der Waals surface area contributed by atoms with E-state index in [-0.39, 0.29) is 0 Å². The number of hydrogen-bond acceptors (Lipinski definition) is 4. The van der Waals surface area contributed by atoms with Crippen molar-refractivity contribution in [1.29, 1.82) is 0 Å². The van der Waals surface area contributed by atoms with Gasteiger partial charge in [-0.05, 0) is 0 Å². The smallest absolute Gasteiger partial charge is 0.159 e. The summed E-state index contributed by atoms with van der Waals surface area (Å²) in [6.07, 6.45) is 1.79. The molecule has 0 aliphatic heterocycles. The maximum absolute atomic E-state index is 5.15. The van der Waals surface area contributed by atoms with Crippen LogP contribution in [-0.4, -0.2) is 42.3 Å². The molecule has 4 nitrogen and oxygen atoms in total. The lowest BCUT2D eigenvalue weighted by atomic mass is 10.2. The highest BCUT2D eigenvalue weighted by molar-refractivity contribution is 9.09. The lowest BCUT2D eigenvalue weighted by Crippen LogP contribution is -2.30. The summed E-state index contributed by atoms with van der Waals surface area (Å²) in [6, 6.07) is 8.16. The molecule has 1 aromatic heterocycles. The van der Waals surface area contributed by atoms with Gasteiger partial charge in [0, 0.05) is 36.3 Å². The van der Waals surface area contributed by atoms with Gasteiger partial charge in [-0.1, -0.05) is 40.2 Å². The molecule has 0 saturated carbocycles. The predicted octanol–water partition coefficient (Wildman–Crippen LogP) is 2.48. The molecule has 2 rings (SSSR count). The Bertz CT molecular complexity index is 501. The van der Waals surface area contributed by atoms with Gasteiger partial charge in [-0.15, -0.1) is 5.10 Å². The molecular formula is C13H16BrN3O. The van der Waals surface area contributed by atoms with E-state index in [1.807, 2.05) is 12.1 Å². The summed E-state index contributed by atoms with van der Waals surface area (Å²) >= 11 is 3.47. The first-order chi connectivity index (χ1) is 8.86. The second-order valence-corrected chi connectivity index (χ2v) is 4.72. The second kappa shape index (κ2) is 6.66. The number of alkyl halides is 1. The van der Waals surface area contributed by atoms with Crippen molar-refractivity contribution < 1.29 is 4.74 Å². The molecule has 1 heterocycles. The van der Waals surface area contributed by atoms with Gasteiger partial charge in [0.05, 0.1) is 12.8 Å². The number of fused-ring (bicyclic) bond motifs is 1. The summed E-state index contributed by atoms with van der Waals surface area (Å²) in [6.45, 7) is 2.37. The number of anilines is 1. The van der Waals surface area contributed by atoms with Crippen LogP contribution in [0.15, 0.2) is 30.5 Å². The Balaban J connectivity index is 2.36. The first kappa shape index (κ1) is 13.2. The topological polar surface area (TPSA) is 38.2 Å². The predicted molar refractivity (Wildman–Crippen MR) is 77.4 cm³/mol. The molecule has 0 atom stereocenters. The van der Waals surface area contributed by atoms with Crippen LogP contribution < -0.4 is 4.90 Å². The molecule has 0 aliphatic carbocycles. The number of aromatic nitrogens is 2. The van der Waals surface area contributed by atoms with E-state index in [9.17, 15) is 0 Å². The van der Waals surface area contributed by atoms with E-state index in [1.165, 1.54) is 0 Å². The summed E-state index contributed by atoms with van der Waals surface area (Å²) in [7, 11) is 1.71. The summed E-state index contributed by atoms with van der Waals surface area (Å²) in [4.78, 5) is 2.19. The van der Waals surface area contributed by atoms with Gasteiger partial charge < -0.3 is 9.64 Å². The zero-order chi connectivity index (χ0) is 12.8. The minimum Gasteiger partial charge on any atom is -0.383 e. The molecule has 0 bridgehead atoms. The summed E-state index contributed by atoms with van der Waals surface area (Å²) in [5.41, 5.74) is 0. The largest absolute Gasteiger partial charge is 0.383 e. The highest BCUT2D eigenvalue weighted by Gasteiger charge is 2.11. The number of methoxy groups -OCH3 is 1. The van der Waals surface area contributed by atoms with E-state index in [4.69, 9.17) is 4.74 Å². The summed E-state index contributed by atoms with van der Waals surface area (Å²) in [5.74, 6) is 0.921. The third kappa shape index (κ3) is 2.97. The molecule has 5 heteroatoms. The zero-order valence-corrected chi connectivity index (χ0v) is 11.9. The molecule has 0 amide bonds. The summed E-state index contributed by atoms with van der Waals surface area (Å²) in [5, 5.41) is 11.5. The molecule has 0 saturated heterocycles. The van der Waals surface area contributed by atoms with E-state index < -0.39 is 0 Å². The maximum Gasteiger partial charge on any atom is 0.159 e. The minimum absolute atomic E-state index is 0.678. The van der Waals surface area contributed by atoms with Crippen molar-refractivity contribution in [1.82, 2.24) is 10.2 Å². The molecule has 0 unspecified atom stereocenters. The van der Waals surface area contributed by atoms with Gasteiger partial charge in [0.25, 0.3) is 0 Å². The van der Waals surface area contributed by atoms with Gasteiger partial charge in [0.1, 0.15) is 0 Å². The first-order valence-corrected chi connectivity index (χ1v) is 6.99. The lowest BCUT2D eigenvalue weighted by Gasteiger charge is -2.23. The van der Waals surface area contributed by atoms with Gasteiger partial charge in [-0.3, -0.25) is 0 Å². The van der Waals surface area contributed by atoms with Crippen LogP contribution >= 0.6 is 15.9 Å². The first-order valence-electron chi connectivity index (χ1n) is 5.87. The van der Waals surface area contributed by atoms with Crippen LogP contribution in [0.1, 0.15) is 0 Å². The maximum atomic E-state index is 5.15. The molecule has 0 N–H and O–H groups in total. The van der Waals surface area contributed by atoms with Crippen molar-refractivity contribution >= 4 is 32.5 Å². The molecule has 2 aromatic rings. The molecule has 0 aliphatic rings. The molecule has 0 radical (unpaired) electrons. The van der Waals surface area contributed by atoms with E-state index in [1.54, 1.807) is 13.3 Å². The number of nitrogens with zero attached hydrogens (tertiary/aromatic N) is 3. The van der Waals surface area contributed by atoms with E-state index in [0.717, 1.165) is 35.0 Å². The molecule has 0 fully saturated rings. The fraction of sp³-hybridized carbons (Fsp3) is 0.385. The van der Waals surface area contributed by atoms with Crippen molar-refractivity contribution in [2.75, 3.05) is 37.0 Å². The molecular weight excluding hydrogens is 294 g/mol. The van der Waals surface area contributed by atoms with E-state index in [0.29, 0.717) is 6.61 Å². The Morgan fingerprint density at radius 2 is 2.11 bits per heavy atom. The Morgan fingerprint density at radius 3 is 2.89 bits per heavy atom. The van der Waals surface area contributed by atoms with Crippen molar-refractivity contribution in [3.63, 3.8) is 0 Å². The Kier molecular flexibility index (Phi) is 4.90. The Morgan fingerprint density at radius 1 is 1.28 bits per heavy atom. The van der Waals surface area contributed by atoms with Crippen molar-refractivity contribution in [2.24, 2.45) is 0 Å². The van der Waals surface area contributed by atoms with Crippen LogP contribution in [-0.2, 0) is 4.74 Å². The molecule has 1 aromatic carbocycles. The van der Waals surface area contributed by atoms with Crippen molar-refractivity contribution in [2.45, 2.75) is 0 Å². The van der Waals surface area contributed by atoms with E-state index in [2.05, 4.69) is 43.2 Å². The number of hydrogen-bond donors (Lipinski definition) is 0. The molecule has 18 heavy (non-hydrogen) atoms. The third-order valence-electron chi connectivity index (χ3n) is 2.77. The van der Waals surface area contributed by atoms with Gasteiger partial charge in [-0.25, -0.2) is 0 Å². The molecule has 96 valence electrons. The lowest BCUT2D eigenvalue weighted by molar-refractivity contribution is 0.205. The average molecular weight is 310 g/mol. The molecule has 0 spiro atoms. The Labute approximate surface area is 115 Å². The highest BCUT2D eigenvalue weighted by atomic mass is 79.9. The number of ether oxygens (including phenoxy) is 1. The fourth-order valence-corrected chi connectivity index (χ4v) is 2.30. The quantitative estimate of drug-likeness (QED) is 0.768. The third-order valence-corrected chi connectivity index (χ3v) is 3.12. The second-order valence-electron chi connectivity index (χ2n) is 3.92. The van der Waals surface area contributed by atoms with Gasteiger partial charge >= 0.3 is 0 Å². The van der Waals surface area contributed by atoms with Crippen molar-refractivity contribution in [3.8, 4) is 0 Å². The van der Waals surface area contributed by atoms with E-state index >= 15 is 0 Å². The Hall–Kier alpha value is -1.20. The zero-order valence-electron chi connectivity index (χ0n) is 10.3. The fourth-order valence-electron chi connectivity index (χ4n) is 1.87. The van der Waals surface area contributed by atoms with Crippen LogP contribution in [0.25, 0.3) is 10.8 Å². The van der Waals surface area contributed by atoms with Gasteiger partial charge in [0.2, 0.25) is 0 Å². The van der Waals surface area contributed by atoms with Gasteiger partial charge in [-0.2, -0.15) is 5.10 Å². The SMILES string of the molecule is COCCN(CCBr)c1nncc2ccccc12. The number of benzene rings is 1. The number of rotatable bonds is 6. The minimum atomic E-state index is 0.678. The van der Waals surface area contributed by atoms with Crippen molar-refractivity contribution in [3.05, 3.63) is 30.5 Å². The van der Waals surface area contributed by atoms with Crippen LogP contribution in [0.3, 0.4) is 0 Å². The normalized spacial score (nSPS) is 10.8. The van der Waals surface area contributed by atoms with Crippen LogP contribution in [0.2, 0.25) is 0 Å². The highest BCUT2D eigenvalue weighted by Crippen LogP contribution is 2.22.